The van der Waals surface area contributed by atoms with Crippen LogP contribution in [0.25, 0.3) is 0 Å². The van der Waals surface area contributed by atoms with Crippen LogP contribution in [0.2, 0.25) is 0 Å². The number of piperazine rings is 1. The van der Waals surface area contributed by atoms with E-state index in [1.54, 1.807) is 0 Å². The SMILES string of the molecule is C=CCN1CC[C@@]2(CCC1=O)CN(Cc1ccc(C)o1)CCN2C. The van der Waals surface area contributed by atoms with Gasteiger partial charge in [0.1, 0.15) is 11.5 Å². The number of hydrogen-bond donors (Lipinski definition) is 0. The Bertz CT molecular complexity index is 597. The highest BCUT2D eigenvalue weighted by Crippen LogP contribution is 2.32. The third-order valence-corrected chi connectivity index (χ3v) is 5.61. The van der Waals surface area contributed by atoms with Gasteiger partial charge in [0.25, 0.3) is 0 Å². The smallest absolute Gasteiger partial charge is 0.222 e. The third-order valence-electron chi connectivity index (χ3n) is 5.61. The van der Waals surface area contributed by atoms with Crippen molar-refractivity contribution in [2.75, 3.05) is 39.8 Å². The van der Waals surface area contributed by atoms with Gasteiger partial charge in [0.2, 0.25) is 5.91 Å². The van der Waals surface area contributed by atoms with Crippen LogP contribution in [0.3, 0.4) is 0 Å². The van der Waals surface area contributed by atoms with Crippen LogP contribution in [0.15, 0.2) is 29.2 Å². The molecule has 0 saturated carbocycles. The maximum atomic E-state index is 12.3. The number of hydrogen-bond acceptors (Lipinski definition) is 4. The van der Waals surface area contributed by atoms with Crippen LogP contribution in [-0.4, -0.2) is 65.9 Å². The molecule has 2 saturated heterocycles. The third kappa shape index (κ3) is 3.57. The van der Waals surface area contributed by atoms with Gasteiger partial charge in [-0.1, -0.05) is 6.08 Å². The summed E-state index contributed by atoms with van der Waals surface area (Å²) in [7, 11) is 2.21. The summed E-state index contributed by atoms with van der Waals surface area (Å²) in [5, 5.41) is 0. The van der Waals surface area contributed by atoms with Crippen molar-refractivity contribution in [2.24, 2.45) is 0 Å². The lowest BCUT2D eigenvalue weighted by Crippen LogP contribution is -2.60. The molecule has 0 N–H and O–H groups in total. The average molecular weight is 331 g/mol. The topological polar surface area (TPSA) is 39.9 Å². The quantitative estimate of drug-likeness (QED) is 0.794. The van der Waals surface area contributed by atoms with E-state index in [1.807, 2.05) is 24.0 Å². The van der Waals surface area contributed by atoms with Crippen molar-refractivity contribution >= 4 is 5.91 Å². The molecular weight excluding hydrogens is 302 g/mol. The summed E-state index contributed by atoms with van der Waals surface area (Å²) in [5.74, 6) is 2.26. The molecule has 0 unspecified atom stereocenters. The second-order valence-electron chi connectivity index (χ2n) is 7.25. The second-order valence-corrected chi connectivity index (χ2v) is 7.25. The predicted octanol–water partition coefficient (Wildman–Crippen LogP) is 2.27. The van der Waals surface area contributed by atoms with E-state index >= 15 is 0 Å². The highest BCUT2D eigenvalue weighted by Gasteiger charge is 2.42. The predicted molar refractivity (Wildman–Crippen MR) is 94.7 cm³/mol. The van der Waals surface area contributed by atoms with Crippen LogP contribution < -0.4 is 0 Å². The maximum Gasteiger partial charge on any atom is 0.222 e. The molecule has 0 aliphatic carbocycles. The fourth-order valence-corrected chi connectivity index (χ4v) is 4.05. The van der Waals surface area contributed by atoms with Crippen LogP contribution in [0.4, 0.5) is 0 Å². The minimum Gasteiger partial charge on any atom is -0.465 e. The van der Waals surface area contributed by atoms with Crippen molar-refractivity contribution in [3.05, 3.63) is 36.3 Å². The number of rotatable bonds is 4. The first-order valence-corrected chi connectivity index (χ1v) is 8.90. The molecule has 0 radical (unpaired) electrons. The average Bonchev–Trinajstić information content (AvgIpc) is 2.90. The lowest BCUT2D eigenvalue weighted by atomic mass is 9.86. The fraction of sp³-hybridized carbons (Fsp3) is 0.632. The minimum absolute atomic E-state index is 0.0888. The molecule has 3 heterocycles. The zero-order valence-corrected chi connectivity index (χ0v) is 15.0. The number of likely N-dealkylation sites (tertiary alicyclic amines) is 1. The van der Waals surface area contributed by atoms with Gasteiger partial charge in [0, 0.05) is 44.7 Å². The summed E-state index contributed by atoms with van der Waals surface area (Å²) in [6, 6.07) is 4.10. The molecule has 5 nitrogen and oxygen atoms in total. The summed E-state index contributed by atoms with van der Waals surface area (Å²) in [5.41, 5.74) is 0.0888. The Kier molecular flexibility index (Phi) is 5.11. The standard InChI is InChI=1S/C19H29N3O2/c1-4-10-22-11-9-19(8-7-18(22)23)15-21(13-12-20(19)3)14-17-6-5-16(2)24-17/h4-6H,1,7-15H2,2-3H3/t19-/m0/s1. The van der Waals surface area contributed by atoms with Crippen molar-refractivity contribution in [3.63, 3.8) is 0 Å². The Morgan fingerprint density at radius 1 is 1.29 bits per heavy atom. The van der Waals surface area contributed by atoms with E-state index in [9.17, 15) is 4.79 Å². The Morgan fingerprint density at radius 3 is 2.83 bits per heavy atom. The van der Waals surface area contributed by atoms with E-state index in [4.69, 9.17) is 4.42 Å². The van der Waals surface area contributed by atoms with E-state index in [0.29, 0.717) is 13.0 Å². The molecule has 2 fully saturated rings. The van der Waals surface area contributed by atoms with Gasteiger partial charge in [-0.2, -0.15) is 0 Å². The van der Waals surface area contributed by atoms with E-state index in [1.165, 1.54) is 0 Å². The summed E-state index contributed by atoms with van der Waals surface area (Å²) >= 11 is 0. The maximum absolute atomic E-state index is 12.3. The van der Waals surface area contributed by atoms with Gasteiger partial charge in [-0.25, -0.2) is 0 Å². The largest absolute Gasteiger partial charge is 0.465 e. The van der Waals surface area contributed by atoms with Gasteiger partial charge in [-0.15, -0.1) is 6.58 Å². The molecule has 1 aromatic rings. The van der Waals surface area contributed by atoms with Crippen LogP contribution in [0.5, 0.6) is 0 Å². The molecule has 1 atom stereocenters. The Hall–Kier alpha value is -1.59. The molecule has 1 spiro atoms. The molecular formula is C19H29N3O2. The second kappa shape index (κ2) is 7.11. The van der Waals surface area contributed by atoms with Crippen LogP contribution in [0.1, 0.15) is 30.8 Å². The highest BCUT2D eigenvalue weighted by atomic mass is 16.3. The van der Waals surface area contributed by atoms with E-state index in [2.05, 4.69) is 29.5 Å². The number of likely N-dealkylation sites (N-methyl/N-ethyl adjacent to an activating group) is 1. The van der Waals surface area contributed by atoms with Gasteiger partial charge >= 0.3 is 0 Å². The van der Waals surface area contributed by atoms with Crippen LogP contribution in [0, 0.1) is 6.92 Å². The lowest BCUT2D eigenvalue weighted by molar-refractivity contribution is -0.130. The molecule has 1 aromatic heterocycles. The van der Waals surface area contributed by atoms with Crippen LogP contribution in [-0.2, 0) is 11.3 Å². The molecule has 3 rings (SSSR count). The van der Waals surface area contributed by atoms with Gasteiger partial charge in [0.15, 0.2) is 0 Å². The van der Waals surface area contributed by atoms with Crippen molar-refractivity contribution < 1.29 is 9.21 Å². The summed E-state index contributed by atoms with van der Waals surface area (Å²) in [6.07, 6.45) is 4.42. The molecule has 2 aliphatic heterocycles. The number of furan rings is 1. The monoisotopic (exact) mass is 331 g/mol. The van der Waals surface area contributed by atoms with Gasteiger partial charge in [0.05, 0.1) is 6.54 Å². The van der Waals surface area contributed by atoms with Gasteiger partial charge < -0.3 is 9.32 Å². The van der Waals surface area contributed by atoms with E-state index in [0.717, 1.165) is 57.1 Å². The molecule has 2 aliphatic rings. The number of carbonyl (C=O) groups is 1. The first-order chi connectivity index (χ1) is 11.5. The summed E-state index contributed by atoms with van der Waals surface area (Å²) < 4.78 is 5.75. The van der Waals surface area contributed by atoms with Crippen molar-refractivity contribution in [1.29, 1.82) is 0 Å². The first kappa shape index (κ1) is 17.2. The Morgan fingerprint density at radius 2 is 2.12 bits per heavy atom. The zero-order chi connectivity index (χ0) is 17.2. The molecule has 132 valence electrons. The van der Waals surface area contributed by atoms with E-state index < -0.39 is 0 Å². The minimum atomic E-state index is 0.0888. The van der Waals surface area contributed by atoms with Gasteiger partial charge in [-0.3, -0.25) is 14.6 Å². The number of carbonyl (C=O) groups excluding carboxylic acids is 1. The summed E-state index contributed by atoms with van der Waals surface area (Å²) in [6.45, 7) is 11.2. The fourth-order valence-electron chi connectivity index (χ4n) is 4.05. The summed E-state index contributed by atoms with van der Waals surface area (Å²) in [4.78, 5) is 19.2. The normalized spacial score (nSPS) is 26.8. The number of nitrogens with zero attached hydrogens (tertiary/aromatic N) is 3. The molecule has 1 amide bonds. The molecule has 0 bridgehead atoms. The molecule has 0 aromatic carbocycles. The number of amides is 1. The zero-order valence-electron chi connectivity index (χ0n) is 15.0. The van der Waals surface area contributed by atoms with Gasteiger partial charge in [-0.05, 0) is 38.9 Å². The highest BCUT2D eigenvalue weighted by molar-refractivity contribution is 5.76. The Balaban J connectivity index is 1.70. The van der Waals surface area contributed by atoms with E-state index in [-0.39, 0.29) is 11.4 Å². The first-order valence-electron chi connectivity index (χ1n) is 8.90. The Labute approximate surface area is 144 Å². The number of aryl methyl sites for hydroxylation is 1. The lowest BCUT2D eigenvalue weighted by Gasteiger charge is -2.49. The van der Waals surface area contributed by atoms with Crippen molar-refractivity contribution in [3.8, 4) is 0 Å². The van der Waals surface area contributed by atoms with Crippen molar-refractivity contribution in [2.45, 2.75) is 38.3 Å². The molecule has 24 heavy (non-hydrogen) atoms. The van der Waals surface area contributed by atoms with Crippen molar-refractivity contribution in [1.82, 2.24) is 14.7 Å². The molecule has 5 heteroatoms. The van der Waals surface area contributed by atoms with Crippen LogP contribution >= 0.6 is 0 Å².